The van der Waals surface area contributed by atoms with Crippen molar-refractivity contribution in [1.29, 1.82) is 0 Å². The molecule has 1 aliphatic heterocycles. The number of aryl methyl sites for hydroxylation is 2. The summed E-state index contributed by atoms with van der Waals surface area (Å²) < 4.78 is 1.81. The monoisotopic (exact) mass is 417 g/mol. The molecule has 10 nitrogen and oxygen atoms in total. The van der Waals surface area contributed by atoms with Crippen LogP contribution in [0.2, 0.25) is 0 Å². The van der Waals surface area contributed by atoms with Crippen LogP contribution in [-0.2, 0) is 0 Å². The predicted octanol–water partition coefficient (Wildman–Crippen LogP) is 2.17. The molecule has 0 saturated carbocycles. The second kappa shape index (κ2) is 7.71. The highest BCUT2D eigenvalue weighted by atomic mass is 16.2. The van der Waals surface area contributed by atoms with Crippen LogP contribution in [0.3, 0.4) is 0 Å². The molecule has 0 spiro atoms. The van der Waals surface area contributed by atoms with Gasteiger partial charge in [0.25, 0.3) is 5.91 Å². The van der Waals surface area contributed by atoms with Crippen LogP contribution in [0.15, 0.2) is 42.7 Å². The predicted molar refractivity (Wildman–Crippen MR) is 117 cm³/mol. The minimum absolute atomic E-state index is 0.00480. The van der Waals surface area contributed by atoms with E-state index in [1.807, 2.05) is 55.3 Å². The van der Waals surface area contributed by atoms with Crippen LogP contribution in [0.5, 0.6) is 0 Å². The Bertz CT molecular complexity index is 1220. The number of carbonyl (C=O) groups excluding carboxylic acids is 1. The van der Waals surface area contributed by atoms with Gasteiger partial charge >= 0.3 is 0 Å². The average Bonchev–Trinajstić information content (AvgIpc) is 3.42. The number of nitrogens with zero attached hydrogens (tertiary/aromatic N) is 7. The molecule has 4 aromatic rings. The topological polar surface area (TPSA) is 107 Å². The summed E-state index contributed by atoms with van der Waals surface area (Å²) in [6.45, 7) is 6.36. The SMILES string of the molecule is Cc1ccc(C(=O)N2CCN(c3nc(Nc4cc(C)[nH]n4)c4cccn4n3)CC2)cn1. The number of aromatic nitrogens is 6. The minimum atomic E-state index is 0.00480. The quantitative estimate of drug-likeness (QED) is 0.524. The van der Waals surface area contributed by atoms with Crippen molar-refractivity contribution in [2.75, 3.05) is 36.4 Å². The molecule has 0 bridgehead atoms. The molecule has 158 valence electrons. The van der Waals surface area contributed by atoms with Gasteiger partial charge < -0.3 is 15.1 Å². The number of aromatic amines is 1. The first-order chi connectivity index (χ1) is 15.1. The number of H-pyrrole nitrogens is 1. The zero-order valence-corrected chi connectivity index (χ0v) is 17.4. The number of nitrogens with one attached hydrogen (secondary N) is 2. The number of hydrogen-bond acceptors (Lipinski definition) is 7. The number of carbonyl (C=O) groups is 1. The summed E-state index contributed by atoms with van der Waals surface area (Å²) in [4.78, 5) is 25.7. The average molecular weight is 417 g/mol. The van der Waals surface area contributed by atoms with Crippen LogP contribution in [0.4, 0.5) is 17.6 Å². The number of pyridine rings is 1. The Kier molecular flexibility index (Phi) is 4.73. The third-order valence-electron chi connectivity index (χ3n) is 5.34. The van der Waals surface area contributed by atoms with Gasteiger partial charge in [-0.3, -0.25) is 14.9 Å². The molecule has 0 aliphatic carbocycles. The number of hydrogen-bond donors (Lipinski definition) is 2. The number of rotatable bonds is 4. The highest BCUT2D eigenvalue weighted by Crippen LogP contribution is 2.23. The van der Waals surface area contributed by atoms with Gasteiger partial charge in [-0.15, -0.1) is 5.10 Å². The fourth-order valence-electron chi connectivity index (χ4n) is 3.64. The number of anilines is 3. The van der Waals surface area contributed by atoms with Crippen LogP contribution in [0, 0.1) is 13.8 Å². The van der Waals surface area contributed by atoms with Crippen molar-refractivity contribution in [3.63, 3.8) is 0 Å². The van der Waals surface area contributed by atoms with Crippen molar-refractivity contribution in [3.05, 3.63) is 59.7 Å². The summed E-state index contributed by atoms with van der Waals surface area (Å²) in [5.74, 6) is 2.01. The molecule has 4 aromatic heterocycles. The highest BCUT2D eigenvalue weighted by Gasteiger charge is 2.24. The zero-order chi connectivity index (χ0) is 21.4. The normalized spacial score (nSPS) is 14.3. The first kappa shape index (κ1) is 19.0. The third kappa shape index (κ3) is 3.79. The molecule has 10 heteroatoms. The Morgan fingerprint density at radius 1 is 1.13 bits per heavy atom. The molecular formula is C21H23N9O. The van der Waals surface area contributed by atoms with Gasteiger partial charge in [0, 0.05) is 56.0 Å². The highest BCUT2D eigenvalue weighted by molar-refractivity contribution is 5.94. The van der Waals surface area contributed by atoms with Crippen LogP contribution in [0.25, 0.3) is 5.52 Å². The molecule has 1 amide bonds. The Labute approximate surface area is 178 Å². The van der Waals surface area contributed by atoms with Crippen LogP contribution < -0.4 is 10.2 Å². The maximum absolute atomic E-state index is 12.8. The van der Waals surface area contributed by atoms with Crippen LogP contribution >= 0.6 is 0 Å². The fourth-order valence-corrected chi connectivity index (χ4v) is 3.64. The maximum Gasteiger partial charge on any atom is 0.255 e. The molecule has 5 heterocycles. The molecule has 2 N–H and O–H groups in total. The Hall–Kier alpha value is -3.95. The molecule has 0 radical (unpaired) electrons. The van der Waals surface area contributed by atoms with E-state index >= 15 is 0 Å². The summed E-state index contributed by atoms with van der Waals surface area (Å²) in [7, 11) is 0. The lowest BCUT2D eigenvalue weighted by molar-refractivity contribution is 0.0745. The van der Waals surface area contributed by atoms with Crippen molar-refractivity contribution >= 4 is 29.0 Å². The first-order valence-corrected chi connectivity index (χ1v) is 10.2. The van der Waals surface area contributed by atoms with Gasteiger partial charge in [-0.2, -0.15) is 10.1 Å². The third-order valence-corrected chi connectivity index (χ3v) is 5.34. The fraction of sp³-hybridized carbons (Fsp3) is 0.286. The molecule has 0 unspecified atom stereocenters. The van der Waals surface area contributed by atoms with E-state index in [1.165, 1.54) is 0 Å². The van der Waals surface area contributed by atoms with Gasteiger partial charge in [0.2, 0.25) is 5.95 Å². The van der Waals surface area contributed by atoms with E-state index in [4.69, 9.17) is 4.98 Å². The number of amides is 1. The van der Waals surface area contributed by atoms with Crippen molar-refractivity contribution in [2.45, 2.75) is 13.8 Å². The van der Waals surface area contributed by atoms with Crippen molar-refractivity contribution < 1.29 is 4.79 Å². The van der Waals surface area contributed by atoms with Gasteiger partial charge in [0.15, 0.2) is 11.6 Å². The van der Waals surface area contributed by atoms with Crippen molar-refractivity contribution in [3.8, 4) is 0 Å². The number of fused-ring (bicyclic) bond motifs is 1. The lowest BCUT2D eigenvalue weighted by Gasteiger charge is -2.34. The van der Waals surface area contributed by atoms with E-state index < -0.39 is 0 Å². The summed E-state index contributed by atoms with van der Waals surface area (Å²) in [5.41, 5.74) is 3.34. The lowest BCUT2D eigenvalue weighted by Crippen LogP contribution is -2.49. The van der Waals surface area contributed by atoms with Gasteiger partial charge in [-0.25, -0.2) is 4.52 Å². The second-order valence-electron chi connectivity index (χ2n) is 7.63. The Balaban J connectivity index is 1.33. The van der Waals surface area contributed by atoms with Gasteiger partial charge in [0.1, 0.15) is 5.52 Å². The molecule has 1 fully saturated rings. The van der Waals surface area contributed by atoms with E-state index in [-0.39, 0.29) is 5.91 Å². The van der Waals surface area contributed by atoms with Gasteiger partial charge in [0.05, 0.1) is 5.56 Å². The summed E-state index contributed by atoms with van der Waals surface area (Å²) in [6.07, 6.45) is 3.54. The summed E-state index contributed by atoms with van der Waals surface area (Å²) >= 11 is 0. The largest absolute Gasteiger partial charge is 0.336 e. The molecule has 1 aliphatic rings. The molecule has 31 heavy (non-hydrogen) atoms. The smallest absolute Gasteiger partial charge is 0.255 e. The minimum Gasteiger partial charge on any atom is -0.336 e. The van der Waals surface area contributed by atoms with E-state index in [9.17, 15) is 4.79 Å². The van der Waals surface area contributed by atoms with E-state index in [2.05, 4.69) is 30.5 Å². The van der Waals surface area contributed by atoms with Crippen LogP contribution in [-0.4, -0.2) is 66.8 Å². The lowest BCUT2D eigenvalue weighted by atomic mass is 10.2. The zero-order valence-electron chi connectivity index (χ0n) is 17.4. The second-order valence-corrected chi connectivity index (χ2v) is 7.63. The van der Waals surface area contributed by atoms with Crippen molar-refractivity contribution in [2.24, 2.45) is 0 Å². The molecule has 0 aromatic carbocycles. The van der Waals surface area contributed by atoms with E-state index in [0.29, 0.717) is 49.3 Å². The summed E-state index contributed by atoms with van der Waals surface area (Å²) in [6, 6.07) is 9.50. The maximum atomic E-state index is 12.8. The number of piperazine rings is 1. The standard InChI is InChI=1S/C21H23N9O/c1-14-5-6-16(13-22-14)20(31)28-8-10-29(11-9-28)21-24-19(17-4-3-7-30(17)27-21)23-18-12-15(2)25-26-18/h3-7,12-13H,8-11H2,1-2H3,(H2,23,24,25,26,27). The molecule has 5 rings (SSSR count). The molecule has 0 atom stereocenters. The van der Waals surface area contributed by atoms with E-state index in [0.717, 1.165) is 16.9 Å². The van der Waals surface area contributed by atoms with Crippen molar-refractivity contribution in [1.82, 2.24) is 34.7 Å². The van der Waals surface area contributed by atoms with Gasteiger partial charge in [-0.1, -0.05) is 0 Å². The Morgan fingerprint density at radius 3 is 2.68 bits per heavy atom. The van der Waals surface area contributed by atoms with Gasteiger partial charge in [-0.05, 0) is 38.1 Å². The van der Waals surface area contributed by atoms with E-state index in [1.54, 1.807) is 10.7 Å². The first-order valence-electron chi connectivity index (χ1n) is 10.2. The molecule has 1 saturated heterocycles. The summed E-state index contributed by atoms with van der Waals surface area (Å²) in [5, 5.41) is 15.1. The van der Waals surface area contributed by atoms with Crippen LogP contribution in [0.1, 0.15) is 21.7 Å². The molecular weight excluding hydrogens is 394 g/mol. The Morgan fingerprint density at radius 2 is 1.97 bits per heavy atom.